The molecule has 0 saturated carbocycles. The number of hydrogen-bond acceptors (Lipinski definition) is 2. The smallest absolute Gasteiger partial charge is 0.409 e. The first kappa shape index (κ1) is 10.1. The molecule has 0 bridgehead atoms. The molecule has 2 rings (SSSR count). The van der Waals surface area contributed by atoms with Gasteiger partial charge in [0.1, 0.15) is 0 Å². The van der Waals surface area contributed by atoms with E-state index in [-0.39, 0.29) is 0 Å². The summed E-state index contributed by atoms with van der Waals surface area (Å²) in [7, 11) is -0.481. The van der Waals surface area contributed by atoms with E-state index in [0.29, 0.717) is 0 Å². The zero-order valence-corrected chi connectivity index (χ0v) is 8.77. The lowest BCUT2D eigenvalue weighted by molar-refractivity contribution is 0.564. The van der Waals surface area contributed by atoms with E-state index in [0.717, 1.165) is 36.3 Å². The van der Waals surface area contributed by atoms with Crippen molar-refractivity contribution >= 4 is 18.4 Å². The molecule has 1 aliphatic heterocycles. The van der Waals surface area contributed by atoms with Crippen molar-refractivity contribution in [3.05, 3.63) is 35.2 Å². The first-order chi connectivity index (χ1) is 7.24. The van der Waals surface area contributed by atoms with Crippen LogP contribution in [-0.4, -0.2) is 18.6 Å². The topological polar surface area (TPSA) is 27.8 Å². The Morgan fingerprint density at radius 3 is 3.00 bits per heavy atom. The van der Waals surface area contributed by atoms with Crippen molar-refractivity contribution in [3.8, 4) is 0 Å². The standard InChI is InChI=1S/C11H13BN2O/c1-12(15)14-8-4-5-9-10(13-2)6-3-7-11(9)14/h3,6-7,15H,4-5,8H2,1H3. The van der Waals surface area contributed by atoms with Gasteiger partial charge in [0.05, 0.1) is 6.57 Å². The van der Waals surface area contributed by atoms with Crippen LogP contribution in [0.25, 0.3) is 4.85 Å². The summed E-state index contributed by atoms with van der Waals surface area (Å²) >= 11 is 0. The lowest BCUT2D eigenvalue weighted by atomic mass is 9.81. The Hall–Kier alpha value is -1.47. The molecule has 76 valence electrons. The van der Waals surface area contributed by atoms with Crippen LogP contribution in [0.2, 0.25) is 6.82 Å². The monoisotopic (exact) mass is 200 g/mol. The maximum Gasteiger partial charge on any atom is 0.409 e. The number of fused-ring (bicyclic) bond motifs is 1. The highest BCUT2D eigenvalue weighted by molar-refractivity contribution is 6.53. The second kappa shape index (κ2) is 3.96. The van der Waals surface area contributed by atoms with Crippen LogP contribution in [0.15, 0.2) is 18.2 Å². The molecule has 3 nitrogen and oxygen atoms in total. The van der Waals surface area contributed by atoms with Gasteiger partial charge in [0.2, 0.25) is 0 Å². The largest absolute Gasteiger partial charge is 0.432 e. The third kappa shape index (κ3) is 1.71. The van der Waals surface area contributed by atoms with Crippen LogP contribution in [0.5, 0.6) is 0 Å². The number of nitrogens with zero attached hydrogens (tertiary/aromatic N) is 2. The molecule has 0 fully saturated rings. The zero-order chi connectivity index (χ0) is 10.8. The molecule has 15 heavy (non-hydrogen) atoms. The Bertz CT molecular complexity index is 412. The fourth-order valence-corrected chi connectivity index (χ4v) is 2.13. The fraction of sp³-hybridized carbons (Fsp3) is 0.364. The molecule has 0 atom stereocenters. The first-order valence-corrected chi connectivity index (χ1v) is 5.18. The van der Waals surface area contributed by atoms with Crippen molar-refractivity contribution < 1.29 is 5.02 Å². The summed E-state index contributed by atoms with van der Waals surface area (Å²) in [5.41, 5.74) is 2.82. The summed E-state index contributed by atoms with van der Waals surface area (Å²) < 4.78 is 0. The average molecular weight is 200 g/mol. The lowest BCUT2D eigenvalue weighted by Crippen LogP contribution is -2.40. The Kier molecular flexibility index (Phi) is 2.65. The molecule has 0 spiro atoms. The number of hydrogen-bond donors (Lipinski definition) is 1. The van der Waals surface area contributed by atoms with E-state index in [1.165, 1.54) is 0 Å². The van der Waals surface area contributed by atoms with Crippen LogP contribution in [-0.2, 0) is 6.42 Å². The van der Waals surface area contributed by atoms with Gasteiger partial charge in [0, 0.05) is 12.2 Å². The van der Waals surface area contributed by atoms with Gasteiger partial charge in [-0.25, -0.2) is 4.85 Å². The summed E-state index contributed by atoms with van der Waals surface area (Å²) in [6, 6.07) is 5.71. The average Bonchev–Trinajstić information content (AvgIpc) is 2.27. The molecule has 0 radical (unpaired) electrons. The molecular formula is C11H13BN2O. The van der Waals surface area contributed by atoms with Crippen molar-refractivity contribution in [3.63, 3.8) is 0 Å². The highest BCUT2D eigenvalue weighted by Gasteiger charge is 2.24. The van der Waals surface area contributed by atoms with Crippen LogP contribution < -0.4 is 4.81 Å². The summed E-state index contributed by atoms with van der Waals surface area (Å²) in [6.45, 7) is 9.73. The number of rotatable bonds is 1. The summed E-state index contributed by atoms with van der Waals surface area (Å²) in [6.07, 6.45) is 1.95. The van der Waals surface area contributed by atoms with Crippen molar-refractivity contribution in [2.75, 3.05) is 11.4 Å². The Labute approximate surface area is 90.3 Å². The molecule has 0 aliphatic carbocycles. The van der Waals surface area contributed by atoms with Crippen molar-refractivity contribution in [1.29, 1.82) is 0 Å². The normalized spacial score (nSPS) is 14.3. The molecule has 1 aromatic rings. The minimum atomic E-state index is -0.481. The van der Waals surface area contributed by atoms with Gasteiger partial charge >= 0.3 is 7.05 Å². The highest BCUT2D eigenvalue weighted by atomic mass is 16.2. The molecule has 1 aliphatic rings. The van der Waals surface area contributed by atoms with E-state index >= 15 is 0 Å². The maximum atomic E-state index is 9.64. The molecule has 1 heterocycles. The van der Waals surface area contributed by atoms with Crippen molar-refractivity contribution in [1.82, 2.24) is 0 Å². The molecule has 1 N–H and O–H groups in total. The number of anilines is 1. The number of benzene rings is 1. The summed E-state index contributed by atoms with van der Waals surface area (Å²) in [5, 5.41) is 9.64. The van der Waals surface area contributed by atoms with E-state index in [9.17, 15) is 5.02 Å². The van der Waals surface area contributed by atoms with Crippen LogP contribution in [0.3, 0.4) is 0 Å². The Morgan fingerprint density at radius 2 is 2.33 bits per heavy atom. The van der Waals surface area contributed by atoms with Crippen LogP contribution in [0.1, 0.15) is 12.0 Å². The summed E-state index contributed by atoms with van der Waals surface area (Å²) in [5.74, 6) is 0. The van der Waals surface area contributed by atoms with Gasteiger partial charge in [0.15, 0.2) is 5.69 Å². The van der Waals surface area contributed by atoms with Crippen LogP contribution in [0, 0.1) is 6.57 Å². The first-order valence-electron chi connectivity index (χ1n) is 5.18. The van der Waals surface area contributed by atoms with Gasteiger partial charge in [0.25, 0.3) is 0 Å². The molecule has 0 amide bonds. The fourth-order valence-electron chi connectivity index (χ4n) is 2.13. The second-order valence-corrected chi connectivity index (χ2v) is 3.82. The predicted octanol–water partition coefficient (Wildman–Crippen LogP) is 2.10. The molecular weight excluding hydrogens is 187 g/mol. The molecule has 0 unspecified atom stereocenters. The van der Waals surface area contributed by atoms with Gasteiger partial charge in [-0.05, 0) is 31.3 Å². The highest BCUT2D eigenvalue weighted by Crippen LogP contribution is 2.34. The molecule has 0 saturated heterocycles. The van der Waals surface area contributed by atoms with Crippen LogP contribution in [0.4, 0.5) is 11.4 Å². The lowest BCUT2D eigenvalue weighted by Gasteiger charge is -2.32. The maximum absolute atomic E-state index is 9.64. The van der Waals surface area contributed by atoms with E-state index in [4.69, 9.17) is 6.57 Å². The van der Waals surface area contributed by atoms with Gasteiger partial charge in [-0.3, -0.25) is 0 Å². The van der Waals surface area contributed by atoms with E-state index in [2.05, 4.69) is 4.85 Å². The SMILES string of the molecule is [C-]#[N+]c1cccc2c1CCCN2B(C)O. The van der Waals surface area contributed by atoms with Crippen molar-refractivity contribution in [2.24, 2.45) is 0 Å². The third-order valence-corrected chi connectivity index (χ3v) is 2.83. The second-order valence-electron chi connectivity index (χ2n) is 3.82. The van der Waals surface area contributed by atoms with E-state index in [1.54, 1.807) is 6.82 Å². The Balaban J connectivity index is 2.50. The Morgan fingerprint density at radius 1 is 1.53 bits per heavy atom. The van der Waals surface area contributed by atoms with Gasteiger partial charge in [-0.15, -0.1) is 0 Å². The predicted molar refractivity (Wildman–Crippen MR) is 62.2 cm³/mol. The third-order valence-electron chi connectivity index (χ3n) is 2.83. The van der Waals surface area contributed by atoms with Gasteiger partial charge in [-0.1, -0.05) is 12.1 Å². The van der Waals surface area contributed by atoms with Crippen LogP contribution >= 0.6 is 0 Å². The van der Waals surface area contributed by atoms with Gasteiger partial charge in [-0.2, -0.15) is 0 Å². The van der Waals surface area contributed by atoms with Crippen molar-refractivity contribution in [2.45, 2.75) is 19.7 Å². The van der Waals surface area contributed by atoms with E-state index < -0.39 is 7.05 Å². The quantitative estimate of drug-likeness (QED) is 0.555. The molecule has 4 heteroatoms. The molecule has 0 aromatic heterocycles. The minimum Gasteiger partial charge on any atom is -0.432 e. The van der Waals surface area contributed by atoms with E-state index in [1.807, 2.05) is 23.0 Å². The molecule has 1 aromatic carbocycles. The zero-order valence-electron chi connectivity index (χ0n) is 8.77. The van der Waals surface area contributed by atoms with Gasteiger partial charge < -0.3 is 9.83 Å². The summed E-state index contributed by atoms with van der Waals surface area (Å²) in [4.78, 5) is 5.47. The minimum absolute atomic E-state index is 0.481.